The number of nitrogens with zero attached hydrogens (tertiary/aromatic N) is 2. The van der Waals surface area contributed by atoms with Crippen molar-refractivity contribution in [2.24, 2.45) is 0 Å². The summed E-state index contributed by atoms with van der Waals surface area (Å²) < 4.78 is 13.5. The summed E-state index contributed by atoms with van der Waals surface area (Å²) in [5, 5.41) is 10.5. The molecule has 1 heterocycles. The second-order valence-corrected chi connectivity index (χ2v) is 3.64. The first kappa shape index (κ1) is 11.2. The average molecular weight is 232 g/mol. The Bertz CT molecular complexity index is 567. The Morgan fingerprint density at radius 1 is 1.29 bits per heavy atom. The molecule has 5 heteroatoms. The van der Waals surface area contributed by atoms with E-state index in [-0.39, 0.29) is 5.69 Å². The van der Waals surface area contributed by atoms with E-state index < -0.39 is 10.7 Å². The standard InChI is InChI=1S/C12H9FN2O2/c1-8-2-4-11(13)10(6-8)12-5-3-9(7-14-12)15(16)17/h2-7H,1H3. The highest BCUT2D eigenvalue weighted by atomic mass is 19.1. The number of hydrogen-bond donors (Lipinski definition) is 0. The van der Waals surface area contributed by atoms with Crippen LogP contribution >= 0.6 is 0 Å². The molecule has 0 radical (unpaired) electrons. The van der Waals surface area contributed by atoms with Crippen molar-refractivity contribution < 1.29 is 9.31 Å². The van der Waals surface area contributed by atoms with E-state index >= 15 is 0 Å². The molecule has 0 amide bonds. The number of nitro groups is 1. The predicted octanol–water partition coefficient (Wildman–Crippen LogP) is 3.10. The van der Waals surface area contributed by atoms with Gasteiger partial charge in [-0.25, -0.2) is 9.37 Å². The highest BCUT2D eigenvalue weighted by Gasteiger charge is 2.09. The van der Waals surface area contributed by atoms with Gasteiger partial charge in [-0.2, -0.15) is 0 Å². The van der Waals surface area contributed by atoms with E-state index in [1.165, 1.54) is 18.2 Å². The molecule has 1 aromatic carbocycles. The fourth-order valence-corrected chi connectivity index (χ4v) is 1.49. The van der Waals surface area contributed by atoms with Gasteiger partial charge in [0.2, 0.25) is 0 Å². The summed E-state index contributed by atoms with van der Waals surface area (Å²) in [4.78, 5) is 13.8. The van der Waals surface area contributed by atoms with Gasteiger partial charge in [-0.05, 0) is 25.1 Å². The quantitative estimate of drug-likeness (QED) is 0.590. The van der Waals surface area contributed by atoms with Crippen LogP contribution in [0.15, 0.2) is 36.5 Å². The highest BCUT2D eigenvalue weighted by molar-refractivity contribution is 5.61. The third-order valence-electron chi connectivity index (χ3n) is 2.36. The minimum Gasteiger partial charge on any atom is -0.258 e. The Labute approximate surface area is 96.9 Å². The summed E-state index contributed by atoms with van der Waals surface area (Å²) in [5.41, 5.74) is 1.53. The first-order chi connectivity index (χ1) is 8.08. The molecule has 0 atom stereocenters. The van der Waals surface area contributed by atoms with Crippen molar-refractivity contribution in [3.63, 3.8) is 0 Å². The van der Waals surface area contributed by atoms with Gasteiger partial charge >= 0.3 is 0 Å². The molecule has 0 N–H and O–H groups in total. The first-order valence-electron chi connectivity index (χ1n) is 4.95. The van der Waals surface area contributed by atoms with E-state index in [0.717, 1.165) is 11.8 Å². The summed E-state index contributed by atoms with van der Waals surface area (Å²) in [5.74, 6) is -0.392. The summed E-state index contributed by atoms with van der Waals surface area (Å²) in [6, 6.07) is 7.42. The van der Waals surface area contributed by atoms with Crippen LogP contribution in [0.5, 0.6) is 0 Å². The summed E-state index contributed by atoms with van der Waals surface area (Å²) in [6.07, 6.45) is 1.12. The smallest absolute Gasteiger partial charge is 0.258 e. The minimum absolute atomic E-state index is 0.109. The second kappa shape index (κ2) is 4.29. The molecule has 0 saturated carbocycles. The van der Waals surface area contributed by atoms with E-state index in [9.17, 15) is 14.5 Å². The van der Waals surface area contributed by atoms with Crippen LogP contribution in [0.3, 0.4) is 0 Å². The van der Waals surface area contributed by atoms with Gasteiger partial charge in [0.15, 0.2) is 0 Å². The fourth-order valence-electron chi connectivity index (χ4n) is 1.49. The van der Waals surface area contributed by atoms with Crippen molar-refractivity contribution in [2.75, 3.05) is 0 Å². The van der Waals surface area contributed by atoms with Crippen LogP contribution in [0, 0.1) is 22.9 Å². The van der Waals surface area contributed by atoms with Gasteiger partial charge in [-0.3, -0.25) is 10.1 Å². The van der Waals surface area contributed by atoms with Crippen molar-refractivity contribution in [2.45, 2.75) is 6.92 Å². The summed E-state index contributed by atoms with van der Waals surface area (Å²) in [7, 11) is 0. The zero-order valence-electron chi connectivity index (χ0n) is 9.05. The normalized spacial score (nSPS) is 10.2. The maximum absolute atomic E-state index is 13.5. The maximum Gasteiger partial charge on any atom is 0.287 e. The molecular formula is C12H9FN2O2. The first-order valence-corrected chi connectivity index (χ1v) is 4.95. The zero-order chi connectivity index (χ0) is 12.4. The molecule has 1 aromatic heterocycles. The van der Waals surface area contributed by atoms with Gasteiger partial charge < -0.3 is 0 Å². The molecular weight excluding hydrogens is 223 g/mol. The Kier molecular flexibility index (Phi) is 2.82. The fraction of sp³-hybridized carbons (Fsp3) is 0.0833. The molecule has 2 aromatic rings. The molecule has 2 rings (SSSR count). The van der Waals surface area contributed by atoms with Crippen LogP contribution in [0.25, 0.3) is 11.3 Å². The number of halogens is 1. The number of benzene rings is 1. The van der Waals surface area contributed by atoms with Crippen molar-refractivity contribution >= 4 is 5.69 Å². The van der Waals surface area contributed by atoms with Gasteiger partial charge in [0.1, 0.15) is 12.0 Å². The molecule has 0 spiro atoms. The predicted molar refractivity (Wildman–Crippen MR) is 61.0 cm³/mol. The summed E-state index contributed by atoms with van der Waals surface area (Å²) >= 11 is 0. The highest BCUT2D eigenvalue weighted by Crippen LogP contribution is 2.23. The van der Waals surface area contributed by atoms with Crippen LogP contribution in [-0.2, 0) is 0 Å². The van der Waals surface area contributed by atoms with Crippen LogP contribution in [0.4, 0.5) is 10.1 Å². The van der Waals surface area contributed by atoms with Gasteiger partial charge in [-0.1, -0.05) is 11.6 Å². The third kappa shape index (κ3) is 2.28. The Balaban J connectivity index is 2.46. The average Bonchev–Trinajstić information content (AvgIpc) is 2.32. The zero-order valence-corrected chi connectivity index (χ0v) is 9.05. The van der Waals surface area contributed by atoms with Crippen molar-refractivity contribution in [3.05, 3.63) is 58.0 Å². The molecule has 0 aliphatic carbocycles. The van der Waals surface area contributed by atoms with Crippen LogP contribution in [0.1, 0.15) is 5.56 Å². The van der Waals surface area contributed by atoms with Crippen molar-refractivity contribution in [3.8, 4) is 11.3 Å². The van der Waals surface area contributed by atoms with E-state index in [0.29, 0.717) is 11.3 Å². The number of rotatable bonds is 2. The van der Waals surface area contributed by atoms with E-state index in [1.54, 1.807) is 12.1 Å². The Morgan fingerprint density at radius 3 is 2.65 bits per heavy atom. The van der Waals surface area contributed by atoms with Crippen LogP contribution in [0.2, 0.25) is 0 Å². The van der Waals surface area contributed by atoms with Crippen LogP contribution in [-0.4, -0.2) is 9.91 Å². The van der Waals surface area contributed by atoms with Gasteiger partial charge in [-0.15, -0.1) is 0 Å². The number of hydrogen-bond acceptors (Lipinski definition) is 3. The summed E-state index contributed by atoms with van der Waals surface area (Å²) in [6.45, 7) is 1.84. The molecule has 0 unspecified atom stereocenters. The van der Waals surface area contributed by atoms with Crippen LogP contribution < -0.4 is 0 Å². The SMILES string of the molecule is Cc1ccc(F)c(-c2ccc([N+](=O)[O-])cn2)c1. The lowest BCUT2D eigenvalue weighted by Crippen LogP contribution is -1.92. The monoisotopic (exact) mass is 232 g/mol. The second-order valence-electron chi connectivity index (χ2n) is 3.64. The topological polar surface area (TPSA) is 56.0 Å². The maximum atomic E-state index is 13.5. The third-order valence-corrected chi connectivity index (χ3v) is 2.36. The number of aryl methyl sites for hydroxylation is 1. The van der Waals surface area contributed by atoms with E-state index in [4.69, 9.17) is 0 Å². The number of pyridine rings is 1. The molecule has 17 heavy (non-hydrogen) atoms. The molecule has 0 bridgehead atoms. The largest absolute Gasteiger partial charge is 0.287 e. The van der Waals surface area contributed by atoms with E-state index in [2.05, 4.69) is 4.98 Å². The lowest BCUT2D eigenvalue weighted by atomic mass is 10.1. The lowest BCUT2D eigenvalue weighted by Gasteiger charge is -2.03. The molecule has 0 aliphatic rings. The van der Waals surface area contributed by atoms with Crippen molar-refractivity contribution in [1.29, 1.82) is 0 Å². The molecule has 0 fully saturated rings. The molecule has 86 valence electrons. The molecule has 0 saturated heterocycles. The van der Waals surface area contributed by atoms with Gasteiger partial charge in [0.05, 0.1) is 10.6 Å². The van der Waals surface area contributed by atoms with E-state index in [1.807, 2.05) is 6.92 Å². The van der Waals surface area contributed by atoms with Gasteiger partial charge in [0.25, 0.3) is 5.69 Å². The molecule has 0 aliphatic heterocycles. The number of aromatic nitrogens is 1. The lowest BCUT2D eigenvalue weighted by molar-refractivity contribution is -0.385. The Morgan fingerprint density at radius 2 is 2.06 bits per heavy atom. The molecule has 4 nitrogen and oxygen atoms in total. The Hall–Kier alpha value is -2.30. The van der Waals surface area contributed by atoms with Gasteiger partial charge in [0, 0.05) is 11.6 Å². The van der Waals surface area contributed by atoms with Crippen molar-refractivity contribution in [1.82, 2.24) is 4.98 Å². The minimum atomic E-state index is -0.538.